The van der Waals surface area contributed by atoms with Gasteiger partial charge in [-0.2, -0.15) is 0 Å². The van der Waals surface area contributed by atoms with Crippen LogP contribution in [0.25, 0.3) is 0 Å². The van der Waals surface area contributed by atoms with Crippen molar-refractivity contribution in [3.8, 4) is 0 Å². The van der Waals surface area contributed by atoms with Crippen molar-refractivity contribution >= 4 is 17.6 Å². The molecular formula is C15H21N3O3. The normalized spacial score (nSPS) is 21.4. The zero-order valence-corrected chi connectivity index (χ0v) is 12.4. The van der Waals surface area contributed by atoms with Gasteiger partial charge in [0.15, 0.2) is 0 Å². The summed E-state index contributed by atoms with van der Waals surface area (Å²) in [6.07, 6.45) is 5.11. The van der Waals surface area contributed by atoms with Crippen molar-refractivity contribution in [2.75, 3.05) is 19.5 Å². The number of carbonyl (C=O) groups is 2. The van der Waals surface area contributed by atoms with Crippen LogP contribution >= 0.6 is 0 Å². The van der Waals surface area contributed by atoms with Crippen molar-refractivity contribution in [3.63, 3.8) is 0 Å². The Labute approximate surface area is 124 Å². The minimum absolute atomic E-state index is 0.0203. The smallest absolute Gasteiger partial charge is 0.308 e. The Hall–Kier alpha value is -2.11. The monoisotopic (exact) mass is 291 g/mol. The largest absolute Gasteiger partial charge is 0.469 e. The molecule has 0 saturated heterocycles. The van der Waals surface area contributed by atoms with Gasteiger partial charge in [-0.3, -0.25) is 14.6 Å². The highest BCUT2D eigenvalue weighted by atomic mass is 16.5. The second kappa shape index (κ2) is 7.06. The number of carbonyl (C=O) groups excluding carboxylic acids is 2. The van der Waals surface area contributed by atoms with E-state index in [-0.39, 0.29) is 17.8 Å². The van der Waals surface area contributed by atoms with E-state index in [4.69, 9.17) is 4.74 Å². The van der Waals surface area contributed by atoms with Crippen LogP contribution in [-0.2, 0) is 9.53 Å². The fourth-order valence-electron chi connectivity index (χ4n) is 2.65. The van der Waals surface area contributed by atoms with Crippen LogP contribution in [0.3, 0.4) is 0 Å². The molecule has 0 spiro atoms. The van der Waals surface area contributed by atoms with Crippen LogP contribution in [0.2, 0.25) is 0 Å². The maximum atomic E-state index is 11.6. The molecule has 1 aromatic rings. The van der Waals surface area contributed by atoms with E-state index in [2.05, 4.69) is 15.6 Å². The molecule has 1 aliphatic carbocycles. The standard InChI is InChI=1S/C15H21N3O3/c1-16-14(19)13-9-12(7-8-17-13)18-11-5-3-10(4-6-11)15(20)21-2/h7-11H,3-6H2,1-2H3,(H,16,19)(H,17,18). The maximum Gasteiger partial charge on any atom is 0.308 e. The molecule has 6 nitrogen and oxygen atoms in total. The van der Waals surface area contributed by atoms with Gasteiger partial charge < -0.3 is 15.4 Å². The number of nitrogens with zero attached hydrogens (tertiary/aromatic N) is 1. The van der Waals surface area contributed by atoms with Crippen LogP contribution in [0.4, 0.5) is 5.69 Å². The van der Waals surface area contributed by atoms with Crippen LogP contribution in [0.5, 0.6) is 0 Å². The quantitative estimate of drug-likeness (QED) is 0.823. The van der Waals surface area contributed by atoms with Crippen LogP contribution in [-0.4, -0.2) is 37.1 Å². The molecule has 1 fully saturated rings. The fourth-order valence-corrected chi connectivity index (χ4v) is 2.65. The number of anilines is 1. The first-order valence-electron chi connectivity index (χ1n) is 7.16. The summed E-state index contributed by atoms with van der Waals surface area (Å²) in [7, 11) is 3.02. The van der Waals surface area contributed by atoms with Gasteiger partial charge >= 0.3 is 5.97 Å². The number of rotatable bonds is 4. The van der Waals surface area contributed by atoms with Crippen LogP contribution < -0.4 is 10.6 Å². The first-order valence-corrected chi connectivity index (χ1v) is 7.16. The number of nitrogens with one attached hydrogen (secondary N) is 2. The minimum Gasteiger partial charge on any atom is -0.469 e. The van der Waals surface area contributed by atoms with Crippen LogP contribution in [0, 0.1) is 5.92 Å². The highest BCUT2D eigenvalue weighted by Crippen LogP contribution is 2.27. The lowest BCUT2D eigenvalue weighted by Gasteiger charge is -2.28. The second-order valence-electron chi connectivity index (χ2n) is 5.22. The third kappa shape index (κ3) is 3.93. The van der Waals surface area contributed by atoms with Gasteiger partial charge in [-0.1, -0.05) is 0 Å². The van der Waals surface area contributed by atoms with E-state index in [0.717, 1.165) is 31.4 Å². The van der Waals surface area contributed by atoms with Crippen LogP contribution in [0.15, 0.2) is 18.3 Å². The lowest BCUT2D eigenvalue weighted by molar-refractivity contribution is -0.146. The van der Waals surface area contributed by atoms with E-state index < -0.39 is 0 Å². The number of esters is 1. The molecular weight excluding hydrogens is 270 g/mol. The average Bonchev–Trinajstić information content (AvgIpc) is 2.54. The van der Waals surface area contributed by atoms with E-state index in [0.29, 0.717) is 11.7 Å². The SMILES string of the molecule is CNC(=O)c1cc(NC2CCC(C(=O)OC)CC2)ccn1. The zero-order valence-electron chi connectivity index (χ0n) is 12.4. The van der Waals surface area contributed by atoms with E-state index in [1.165, 1.54) is 7.11 Å². The number of hydrogen-bond donors (Lipinski definition) is 2. The highest BCUT2D eigenvalue weighted by Gasteiger charge is 2.26. The molecule has 1 aromatic heterocycles. The maximum absolute atomic E-state index is 11.6. The van der Waals surface area contributed by atoms with Crippen molar-refractivity contribution < 1.29 is 14.3 Å². The molecule has 1 aliphatic rings. The topological polar surface area (TPSA) is 80.3 Å². The number of pyridine rings is 1. The first-order chi connectivity index (χ1) is 10.1. The average molecular weight is 291 g/mol. The number of ether oxygens (including phenoxy) is 1. The molecule has 21 heavy (non-hydrogen) atoms. The van der Waals surface area contributed by atoms with Gasteiger partial charge in [0.25, 0.3) is 5.91 Å². The van der Waals surface area contributed by atoms with Crippen molar-refractivity contribution in [1.29, 1.82) is 0 Å². The summed E-state index contributed by atoms with van der Waals surface area (Å²) in [6, 6.07) is 3.90. The summed E-state index contributed by atoms with van der Waals surface area (Å²) in [6.45, 7) is 0. The molecule has 0 aliphatic heterocycles. The Balaban J connectivity index is 1.92. The fraction of sp³-hybridized carbons (Fsp3) is 0.533. The predicted octanol–water partition coefficient (Wildman–Crippen LogP) is 1.58. The minimum atomic E-state index is -0.201. The van der Waals surface area contributed by atoms with E-state index in [9.17, 15) is 9.59 Å². The molecule has 1 saturated carbocycles. The van der Waals surface area contributed by atoms with Crippen molar-refractivity contribution in [1.82, 2.24) is 10.3 Å². The molecule has 0 aromatic carbocycles. The van der Waals surface area contributed by atoms with Gasteiger partial charge in [0.1, 0.15) is 5.69 Å². The summed E-state index contributed by atoms with van der Waals surface area (Å²) in [4.78, 5) is 27.1. The summed E-state index contributed by atoms with van der Waals surface area (Å²) < 4.78 is 4.79. The summed E-state index contributed by atoms with van der Waals surface area (Å²) in [5, 5.41) is 5.96. The summed E-state index contributed by atoms with van der Waals surface area (Å²) >= 11 is 0. The highest BCUT2D eigenvalue weighted by molar-refractivity contribution is 5.92. The predicted molar refractivity (Wildman–Crippen MR) is 79.0 cm³/mol. The van der Waals surface area contributed by atoms with Gasteiger partial charge in [0, 0.05) is 25.0 Å². The Morgan fingerprint density at radius 1 is 1.29 bits per heavy atom. The molecule has 6 heteroatoms. The molecule has 0 bridgehead atoms. The first kappa shape index (κ1) is 15.3. The second-order valence-corrected chi connectivity index (χ2v) is 5.22. The third-order valence-corrected chi connectivity index (χ3v) is 3.85. The van der Waals surface area contributed by atoms with Crippen molar-refractivity contribution in [2.24, 2.45) is 5.92 Å². The molecule has 0 unspecified atom stereocenters. The van der Waals surface area contributed by atoms with Gasteiger partial charge in [-0.05, 0) is 37.8 Å². The van der Waals surface area contributed by atoms with Gasteiger partial charge in [-0.25, -0.2) is 0 Å². The Kier molecular flexibility index (Phi) is 5.14. The van der Waals surface area contributed by atoms with Gasteiger partial charge in [0.05, 0.1) is 13.0 Å². The molecule has 1 amide bonds. The Morgan fingerprint density at radius 2 is 2.00 bits per heavy atom. The van der Waals surface area contributed by atoms with E-state index in [1.54, 1.807) is 19.3 Å². The van der Waals surface area contributed by atoms with Gasteiger partial charge in [-0.15, -0.1) is 0 Å². The summed E-state index contributed by atoms with van der Waals surface area (Å²) in [5.74, 6) is -0.292. The van der Waals surface area contributed by atoms with Gasteiger partial charge in [0.2, 0.25) is 0 Å². The molecule has 2 rings (SSSR count). The lowest BCUT2D eigenvalue weighted by Crippen LogP contribution is -2.30. The number of aromatic nitrogens is 1. The number of amides is 1. The Bertz CT molecular complexity index is 511. The molecule has 1 heterocycles. The zero-order chi connectivity index (χ0) is 15.2. The van der Waals surface area contributed by atoms with Crippen molar-refractivity contribution in [2.45, 2.75) is 31.7 Å². The van der Waals surface area contributed by atoms with E-state index in [1.807, 2.05) is 6.07 Å². The number of methoxy groups -OCH3 is 1. The van der Waals surface area contributed by atoms with Crippen molar-refractivity contribution in [3.05, 3.63) is 24.0 Å². The molecule has 114 valence electrons. The third-order valence-electron chi connectivity index (χ3n) is 3.85. The number of hydrogen-bond acceptors (Lipinski definition) is 5. The molecule has 2 N–H and O–H groups in total. The summed E-state index contributed by atoms with van der Waals surface area (Å²) in [5.41, 5.74) is 1.27. The molecule has 0 radical (unpaired) electrons. The Morgan fingerprint density at radius 3 is 2.62 bits per heavy atom. The molecule has 0 atom stereocenters. The van der Waals surface area contributed by atoms with E-state index >= 15 is 0 Å². The van der Waals surface area contributed by atoms with Crippen LogP contribution in [0.1, 0.15) is 36.2 Å². The lowest BCUT2D eigenvalue weighted by atomic mass is 9.86.